The summed E-state index contributed by atoms with van der Waals surface area (Å²) in [5.41, 5.74) is 2.62. The lowest BCUT2D eigenvalue weighted by molar-refractivity contribution is 0.970. The van der Waals surface area contributed by atoms with E-state index in [4.69, 9.17) is 11.6 Å². The van der Waals surface area contributed by atoms with Crippen LogP contribution in [0.3, 0.4) is 0 Å². The van der Waals surface area contributed by atoms with E-state index in [0.717, 1.165) is 34.6 Å². The lowest BCUT2D eigenvalue weighted by Crippen LogP contribution is -2.04. The van der Waals surface area contributed by atoms with Crippen LogP contribution in [-0.2, 0) is 0 Å². The number of halogens is 1. The van der Waals surface area contributed by atoms with Gasteiger partial charge in [0.1, 0.15) is 5.82 Å². The van der Waals surface area contributed by atoms with Gasteiger partial charge in [-0.3, -0.25) is 4.98 Å². The lowest BCUT2D eigenvalue weighted by atomic mass is 10.2. The van der Waals surface area contributed by atoms with Crippen molar-refractivity contribution in [2.45, 2.75) is 13.3 Å². The van der Waals surface area contributed by atoms with Crippen molar-refractivity contribution >= 4 is 39.7 Å². The van der Waals surface area contributed by atoms with Crippen molar-refractivity contribution in [3.8, 4) is 10.7 Å². The Morgan fingerprint density at radius 1 is 1.30 bits per heavy atom. The van der Waals surface area contributed by atoms with E-state index in [-0.39, 0.29) is 0 Å². The topological polar surface area (TPSA) is 50.7 Å². The SMILES string of the molecule is CCCNc1nc(-c2cncs2)nc2cc(Cl)ccc12. The highest BCUT2D eigenvalue weighted by atomic mass is 35.5. The smallest absolute Gasteiger partial charge is 0.173 e. The molecule has 0 aliphatic carbocycles. The highest BCUT2D eigenvalue weighted by Gasteiger charge is 2.10. The molecule has 1 N–H and O–H groups in total. The third kappa shape index (κ3) is 2.59. The first-order chi connectivity index (χ1) is 9.78. The minimum absolute atomic E-state index is 0.674. The molecule has 0 unspecified atom stereocenters. The average Bonchev–Trinajstić information content (AvgIpc) is 2.98. The van der Waals surface area contributed by atoms with Crippen molar-refractivity contribution < 1.29 is 0 Å². The molecule has 102 valence electrons. The van der Waals surface area contributed by atoms with Gasteiger partial charge in [0.2, 0.25) is 0 Å². The average molecular weight is 305 g/mol. The summed E-state index contributed by atoms with van der Waals surface area (Å²) >= 11 is 7.59. The fourth-order valence-electron chi connectivity index (χ4n) is 1.92. The molecule has 20 heavy (non-hydrogen) atoms. The van der Waals surface area contributed by atoms with Gasteiger partial charge < -0.3 is 5.32 Å². The molecule has 0 amide bonds. The molecule has 2 heterocycles. The third-order valence-electron chi connectivity index (χ3n) is 2.85. The number of thiazole rings is 1. The van der Waals surface area contributed by atoms with Crippen LogP contribution in [0, 0.1) is 0 Å². The number of rotatable bonds is 4. The number of nitrogens with zero attached hydrogens (tertiary/aromatic N) is 3. The molecular weight excluding hydrogens is 292 g/mol. The van der Waals surface area contributed by atoms with Crippen molar-refractivity contribution in [3.05, 3.63) is 34.9 Å². The Hall–Kier alpha value is -1.72. The summed E-state index contributed by atoms with van der Waals surface area (Å²) in [6.45, 7) is 2.99. The number of anilines is 1. The first kappa shape index (κ1) is 13.3. The minimum Gasteiger partial charge on any atom is -0.369 e. The Bertz CT molecular complexity index is 727. The van der Waals surface area contributed by atoms with Gasteiger partial charge in [-0.1, -0.05) is 18.5 Å². The first-order valence-electron chi connectivity index (χ1n) is 6.38. The maximum absolute atomic E-state index is 6.06. The van der Waals surface area contributed by atoms with Gasteiger partial charge in [0.25, 0.3) is 0 Å². The van der Waals surface area contributed by atoms with Crippen LogP contribution < -0.4 is 5.32 Å². The number of aromatic nitrogens is 3. The number of hydrogen-bond donors (Lipinski definition) is 1. The van der Waals surface area contributed by atoms with E-state index in [0.29, 0.717) is 10.8 Å². The number of fused-ring (bicyclic) bond motifs is 1. The van der Waals surface area contributed by atoms with Crippen LogP contribution in [-0.4, -0.2) is 21.5 Å². The van der Waals surface area contributed by atoms with Crippen LogP contribution in [0.15, 0.2) is 29.9 Å². The highest BCUT2D eigenvalue weighted by Crippen LogP contribution is 2.28. The molecule has 3 rings (SSSR count). The normalized spacial score (nSPS) is 10.9. The summed E-state index contributed by atoms with van der Waals surface area (Å²) in [7, 11) is 0. The summed E-state index contributed by atoms with van der Waals surface area (Å²) in [6, 6.07) is 5.67. The van der Waals surface area contributed by atoms with E-state index in [1.807, 2.05) is 18.2 Å². The number of benzene rings is 1. The first-order valence-corrected chi connectivity index (χ1v) is 7.63. The van der Waals surface area contributed by atoms with E-state index >= 15 is 0 Å². The van der Waals surface area contributed by atoms with E-state index in [1.165, 1.54) is 11.3 Å². The zero-order valence-corrected chi connectivity index (χ0v) is 12.5. The molecular formula is C14H13ClN4S. The molecule has 6 heteroatoms. The monoisotopic (exact) mass is 304 g/mol. The minimum atomic E-state index is 0.674. The van der Waals surface area contributed by atoms with Crippen LogP contribution in [0.1, 0.15) is 13.3 Å². The van der Waals surface area contributed by atoms with Gasteiger partial charge in [0.15, 0.2) is 5.82 Å². The Kier molecular flexibility index (Phi) is 3.80. The van der Waals surface area contributed by atoms with Crippen LogP contribution >= 0.6 is 22.9 Å². The van der Waals surface area contributed by atoms with Crippen LogP contribution in [0.2, 0.25) is 5.02 Å². The van der Waals surface area contributed by atoms with Crippen LogP contribution in [0.4, 0.5) is 5.82 Å². The Morgan fingerprint density at radius 2 is 2.20 bits per heavy atom. The molecule has 0 spiro atoms. The molecule has 1 aromatic carbocycles. The molecule has 0 atom stereocenters. The second-order valence-electron chi connectivity index (χ2n) is 4.35. The fourth-order valence-corrected chi connectivity index (χ4v) is 2.64. The van der Waals surface area contributed by atoms with Crippen LogP contribution in [0.25, 0.3) is 21.6 Å². The predicted octanol–water partition coefficient (Wildman–Crippen LogP) is 4.23. The Balaban J connectivity index is 2.17. The van der Waals surface area contributed by atoms with Crippen molar-refractivity contribution in [2.24, 2.45) is 0 Å². The maximum atomic E-state index is 6.06. The van der Waals surface area contributed by atoms with E-state index in [2.05, 4.69) is 27.2 Å². The zero-order chi connectivity index (χ0) is 13.9. The molecule has 2 aromatic heterocycles. The van der Waals surface area contributed by atoms with Gasteiger partial charge in [-0.25, -0.2) is 9.97 Å². The third-order valence-corrected chi connectivity index (χ3v) is 3.86. The molecule has 0 saturated carbocycles. The number of hydrogen-bond acceptors (Lipinski definition) is 5. The van der Waals surface area contributed by atoms with Gasteiger partial charge in [0, 0.05) is 23.2 Å². The van der Waals surface area contributed by atoms with E-state index in [1.54, 1.807) is 11.7 Å². The van der Waals surface area contributed by atoms with Crippen molar-refractivity contribution in [3.63, 3.8) is 0 Å². The van der Waals surface area contributed by atoms with Gasteiger partial charge in [0.05, 0.1) is 15.9 Å². The standard InChI is InChI=1S/C14H13ClN4S/c1-2-5-17-13-10-4-3-9(15)6-11(10)18-14(19-13)12-7-16-8-20-12/h3-4,6-8H,2,5H2,1H3,(H,17,18,19). The van der Waals surface area contributed by atoms with Crippen molar-refractivity contribution in [1.82, 2.24) is 15.0 Å². The molecule has 0 fully saturated rings. The van der Waals surface area contributed by atoms with Crippen molar-refractivity contribution in [2.75, 3.05) is 11.9 Å². The number of nitrogens with one attached hydrogen (secondary N) is 1. The van der Waals surface area contributed by atoms with Gasteiger partial charge in [-0.2, -0.15) is 0 Å². The zero-order valence-electron chi connectivity index (χ0n) is 10.9. The highest BCUT2D eigenvalue weighted by molar-refractivity contribution is 7.13. The summed E-state index contributed by atoms with van der Waals surface area (Å²) in [4.78, 5) is 14.2. The second-order valence-corrected chi connectivity index (χ2v) is 5.67. The molecule has 0 saturated heterocycles. The van der Waals surface area contributed by atoms with Gasteiger partial charge in [-0.05, 0) is 24.6 Å². The fraction of sp³-hybridized carbons (Fsp3) is 0.214. The molecule has 0 aliphatic rings. The summed E-state index contributed by atoms with van der Waals surface area (Å²) < 4.78 is 0. The Morgan fingerprint density at radius 3 is 2.95 bits per heavy atom. The largest absolute Gasteiger partial charge is 0.369 e. The second kappa shape index (κ2) is 5.73. The Labute approximate surface area is 125 Å². The molecule has 3 aromatic rings. The van der Waals surface area contributed by atoms with E-state index < -0.39 is 0 Å². The van der Waals surface area contributed by atoms with Gasteiger partial charge >= 0.3 is 0 Å². The summed E-state index contributed by atoms with van der Waals surface area (Å²) in [5.74, 6) is 1.53. The van der Waals surface area contributed by atoms with Crippen molar-refractivity contribution in [1.29, 1.82) is 0 Å². The maximum Gasteiger partial charge on any atom is 0.173 e. The van der Waals surface area contributed by atoms with E-state index in [9.17, 15) is 0 Å². The lowest BCUT2D eigenvalue weighted by Gasteiger charge is -2.09. The molecule has 0 aliphatic heterocycles. The van der Waals surface area contributed by atoms with Gasteiger partial charge in [-0.15, -0.1) is 11.3 Å². The quantitative estimate of drug-likeness (QED) is 0.783. The predicted molar refractivity (Wildman–Crippen MR) is 84.4 cm³/mol. The summed E-state index contributed by atoms with van der Waals surface area (Å²) in [5, 5.41) is 5.01. The summed E-state index contributed by atoms with van der Waals surface area (Å²) in [6.07, 6.45) is 2.81. The molecule has 0 radical (unpaired) electrons. The molecule has 0 bridgehead atoms. The van der Waals surface area contributed by atoms with Crippen LogP contribution in [0.5, 0.6) is 0 Å². The molecule has 4 nitrogen and oxygen atoms in total.